The summed E-state index contributed by atoms with van der Waals surface area (Å²) in [5.41, 5.74) is -0.126. The van der Waals surface area contributed by atoms with Crippen LogP contribution in [-0.2, 0) is 10.2 Å². The molecule has 1 aromatic rings. The summed E-state index contributed by atoms with van der Waals surface area (Å²) in [4.78, 5) is 11.2. The molecule has 0 atom stereocenters. The molecule has 4 heteroatoms. The lowest BCUT2D eigenvalue weighted by Gasteiger charge is -2.22. The fraction of sp³-hybridized carbons (Fsp3) is 0.417. The quantitative estimate of drug-likeness (QED) is 0.800. The molecule has 3 nitrogen and oxygen atoms in total. The zero-order chi connectivity index (χ0) is 12.3. The van der Waals surface area contributed by atoms with Crippen molar-refractivity contribution >= 4 is 5.97 Å². The highest BCUT2D eigenvalue weighted by Crippen LogP contribution is 2.25. The molecule has 0 amide bonds. The number of halogens is 1. The molecule has 0 saturated heterocycles. The molecule has 0 heterocycles. The molecule has 0 spiro atoms. The molecule has 0 aromatic heterocycles. The van der Waals surface area contributed by atoms with Crippen LogP contribution in [0.15, 0.2) is 18.2 Å². The van der Waals surface area contributed by atoms with Gasteiger partial charge in [-0.1, -0.05) is 19.9 Å². The molecule has 88 valence electrons. The first kappa shape index (κ1) is 12.6. The second kappa shape index (κ2) is 4.61. The second-order valence-corrected chi connectivity index (χ2v) is 4.23. The fourth-order valence-electron chi connectivity index (χ4n) is 1.39. The number of hydrogen-bond donors (Lipinski definition) is 1. The van der Waals surface area contributed by atoms with Crippen molar-refractivity contribution in [2.45, 2.75) is 19.3 Å². The smallest absolute Gasteiger partial charge is 0.337 e. The molecular formula is C12H15FO3. The number of aliphatic hydroxyl groups excluding tert-OH is 1. The standard InChI is InChI=1S/C12H15FO3/c1-12(2,7-14)9-5-4-8(6-10(9)13)11(15)16-3/h4-6,14H,7H2,1-3H3. The van der Waals surface area contributed by atoms with E-state index in [9.17, 15) is 9.18 Å². The Balaban J connectivity index is 3.15. The van der Waals surface area contributed by atoms with Crippen molar-refractivity contribution < 1.29 is 19.0 Å². The normalized spacial score (nSPS) is 11.3. The second-order valence-electron chi connectivity index (χ2n) is 4.23. The van der Waals surface area contributed by atoms with Crippen molar-refractivity contribution in [3.05, 3.63) is 35.1 Å². The average Bonchev–Trinajstić information content (AvgIpc) is 2.27. The maximum absolute atomic E-state index is 13.7. The number of methoxy groups -OCH3 is 1. The Morgan fingerprint density at radius 1 is 1.50 bits per heavy atom. The van der Waals surface area contributed by atoms with Gasteiger partial charge in [0.05, 0.1) is 19.3 Å². The van der Waals surface area contributed by atoms with Crippen LogP contribution in [0.25, 0.3) is 0 Å². The van der Waals surface area contributed by atoms with Crippen LogP contribution in [0.4, 0.5) is 4.39 Å². The van der Waals surface area contributed by atoms with Crippen molar-refractivity contribution in [3.8, 4) is 0 Å². The van der Waals surface area contributed by atoms with Gasteiger partial charge in [0.2, 0.25) is 0 Å². The van der Waals surface area contributed by atoms with Crippen molar-refractivity contribution in [3.63, 3.8) is 0 Å². The third-order valence-corrected chi connectivity index (χ3v) is 2.51. The van der Waals surface area contributed by atoms with Gasteiger partial charge in [-0.3, -0.25) is 0 Å². The first-order chi connectivity index (χ1) is 7.42. The number of hydrogen-bond acceptors (Lipinski definition) is 3. The summed E-state index contributed by atoms with van der Waals surface area (Å²) < 4.78 is 18.2. The lowest BCUT2D eigenvalue weighted by Crippen LogP contribution is -2.23. The molecule has 0 aliphatic rings. The summed E-state index contributed by atoms with van der Waals surface area (Å²) in [5.74, 6) is -1.09. The van der Waals surface area contributed by atoms with Crippen molar-refractivity contribution in [2.75, 3.05) is 13.7 Å². The topological polar surface area (TPSA) is 46.5 Å². The Morgan fingerprint density at radius 3 is 2.56 bits per heavy atom. The first-order valence-corrected chi connectivity index (χ1v) is 4.91. The van der Waals surface area contributed by atoms with E-state index in [0.29, 0.717) is 5.56 Å². The number of benzene rings is 1. The summed E-state index contributed by atoms with van der Waals surface area (Å²) in [6.45, 7) is 3.29. The minimum atomic E-state index is -0.668. The van der Waals surface area contributed by atoms with Gasteiger partial charge in [-0.2, -0.15) is 0 Å². The van der Waals surface area contributed by atoms with Gasteiger partial charge in [-0.05, 0) is 17.7 Å². The fourth-order valence-corrected chi connectivity index (χ4v) is 1.39. The molecule has 0 aliphatic heterocycles. The van der Waals surface area contributed by atoms with Crippen LogP contribution in [0, 0.1) is 5.82 Å². The van der Waals surface area contributed by atoms with E-state index in [2.05, 4.69) is 4.74 Å². The number of carbonyl (C=O) groups is 1. The molecule has 0 aliphatic carbocycles. The van der Waals surface area contributed by atoms with Crippen LogP contribution in [0.1, 0.15) is 29.8 Å². The van der Waals surface area contributed by atoms with E-state index >= 15 is 0 Å². The van der Waals surface area contributed by atoms with E-state index < -0.39 is 17.2 Å². The minimum absolute atomic E-state index is 0.164. The van der Waals surface area contributed by atoms with Gasteiger partial charge in [0.1, 0.15) is 5.82 Å². The van der Waals surface area contributed by atoms with E-state index in [0.717, 1.165) is 6.07 Å². The highest BCUT2D eigenvalue weighted by Gasteiger charge is 2.24. The van der Waals surface area contributed by atoms with E-state index in [4.69, 9.17) is 5.11 Å². The zero-order valence-electron chi connectivity index (χ0n) is 9.58. The molecule has 0 bridgehead atoms. The van der Waals surface area contributed by atoms with Crippen LogP contribution < -0.4 is 0 Å². The molecule has 0 unspecified atom stereocenters. The van der Waals surface area contributed by atoms with Gasteiger partial charge >= 0.3 is 5.97 Å². The number of ether oxygens (including phenoxy) is 1. The molecular weight excluding hydrogens is 211 g/mol. The number of aliphatic hydroxyl groups is 1. The van der Waals surface area contributed by atoms with E-state index in [1.165, 1.54) is 19.2 Å². The van der Waals surface area contributed by atoms with Crippen LogP contribution in [0.5, 0.6) is 0 Å². The Labute approximate surface area is 93.9 Å². The molecule has 0 fully saturated rings. The van der Waals surface area contributed by atoms with Crippen LogP contribution in [0.3, 0.4) is 0 Å². The van der Waals surface area contributed by atoms with Crippen LogP contribution in [0.2, 0.25) is 0 Å². The van der Waals surface area contributed by atoms with Crippen molar-refractivity contribution in [1.82, 2.24) is 0 Å². The SMILES string of the molecule is COC(=O)c1ccc(C(C)(C)CO)c(F)c1. The third kappa shape index (κ3) is 2.39. The van der Waals surface area contributed by atoms with Gasteiger partial charge in [-0.15, -0.1) is 0 Å². The highest BCUT2D eigenvalue weighted by molar-refractivity contribution is 5.89. The highest BCUT2D eigenvalue weighted by atomic mass is 19.1. The van der Waals surface area contributed by atoms with Crippen molar-refractivity contribution in [1.29, 1.82) is 0 Å². The predicted molar refractivity (Wildman–Crippen MR) is 57.9 cm³/mol. The number of esters is 1. The predicted octanol–water partition coefficient (Wildman–Crippen LogP) is 1.88. The summed E-state index contributed by atoms with van der Waals surface area (Å²) in [6, 6.07) is 4.11. The maximum atomic E-state index is 13.7. The number of carbonyl (C=O) groups excluding carboxylic acids is 1. The Kier molecular flexibility index (Phi) is 3.65. The van der Waals surface area contributed by atoms with E-state index in [1.807, 2.05) is 0 Å². The van der Waals surface area contributed by atoms with Crippen LogP contribution in [-0.4, -0.2) is 24.8 Å². The monoisotopic (exact) mass is 226 g/mol. The molecule has 0 saturated carbocycles. The third-order valence-electron chi connectivity index (χ3n) is 2.51. The Morgan fingerprint density at radius 2 is 2.12 bits per heavy atom. The number of rotatable bonds is 3. The van der Waals surface area contributed by atoms with E-state index in [1.54, 1.807) is 13.8 Å². The molecule has 1 N–H and O–H groups in total. The Bertz CT molecular complexity index is 399. The van der Waals surface area contributed by atoms with Crippen LogP contribution >= 0.6 is 0 Å². The zero-order valence-corrected chi connectivity index (χ0v) is 9.58. The van der Waals surface area contributed by atoms with Gasteiger partial charge in [0.15, 0.2) is 0 Å². The molecule has 0 radical (unpaired) electrons. The lowest BCUT2D eigenvalue weighted by molar-refractivity contribution is 0.0600. The Hall–Kier alpha value is -1.42. The summed E-state index contributed by atoms with van der Waals surface area (Å²) in [7, 11) is 1.24. The van der Waals surface area contributed by atoms with Gasteiger partial charge in [0, 0.05) is 5.41 Å². The lowest BCUT2D eigenvalue weighted by atomic mass is 9.85. The molecule has 1 rings (SSSR count). The largest absolute Gasteiger partial charge is 0.465 e. The average molecular weight is 226 g/mol. The molecule has 16 heavy (non-hydrogen) atoms. The summed E-state index contributed by atoms with van der Waals surface area (Å²) in [5, 5.41) is 9.14. The first-order valence-electron chi connectivity index (χ1n) is 4.91. The van der Waals surface area contributed by atoms with Gasteiger partial charge in [-0.25, -0.2) is 9.18 Å². The van der Waals surface area contributed by atoms with Crippen molar-refractivity contribution in [2.24, 2.45) is 0 Å². The van der Waals surface area contributed by atoms with E-state index in [-0.39, 0.29) is 12.2 Å². The summed E-state index contributed by atoms with van der Waals surface area (Å²) >= 11 is 0. The van der Waals surface area contributed by atoms with Gasteiger partial charge in [0.25, 0.3) is 0 Å². The van der Waals surface area contributed by atoms with Gasteiger partial charge < -0.3 is 9.84 Å². The molecule has 1 aromatic carbocycles. The minimum Gasteiger partial charge on any atom is -0.465 e. The summed E-state index contributed by atoms with van der Waals surface area (Å²) in [6.07, 6.45) is 0. The maximum Gasteiger partial charge on any atom is 0.337 e.